The van der Waals surface area contributed by atoms with Gasteiger partial charge >= 0.3 is 6.18 Å². The molecule has 0 nitrogen and oxygen atoms in total. The third-order valence-corrected chi connectivity index (χ3v) is 4.12. The van der Waals surface area contributed by atoms with Crippen LogP contribution in [0.3, 0.4) is 0 Å². The molecule has 0 amide bonds. The summed E-state index contributed by atoms with van der Waals surface area (Å²) in [4.78, 5) is 0. The molecule has 2 rings (SSSR count). The lowest BCUT2D eigenvalue weighted by Crippen LogP contribution is -2.04. The molecule has 0 aliphatic rings. The molecular formula is C14H10F3I. The molecule has 18 heavy (non-hydrogen) atoms. The average molecular weight is 362 g/mol. The Morgan fingerprint density at radius 2 is 1.67 bits per heavy atom. The molecule has 0 unspecified atom stereocenters. The second-order valence-corrected chi connectivity index (χ2v) is 5.09. The quantitative estimate of drug-likeness (QED) is 0.605. The average Bonchev–Trinajstić information content (AvgIpc) is 2.32. The summed E-state index contributed by atoms with van der Waals surface area (Å²) in [6.45, 7) is 1.94. The molecule has 0 saturated carbocycles. The Morgan fingerprint density at radius 1 is 1.00 bits per heavy atom. The summed E-state index contributed by atoms with van der Waals surface area (Å²) < 4.78 is 39.0. The van der Waals surface area contributed by atoms with Gasteiger partial charge in [-0.15, -0.1) is 0 Å². The van der Waals surface area contributed by atoms with Crippen LogP contribution in [0.2, 0.25) is 0 Å². The van der Waals surface area contributed by atoms with Gasteiger partial charge < -0.3 is 0 Å². The zero-order valence-corrected chi connectivity index (χ0v) is 11.7. The van der Waals surface area contributed by atoms with Crippen LogP contribution in [0.5, 0.6) is 0 Å². The highest BCUT2D eigenvalue weighted by molar-refractivity contribution is 14.1. The number of aryl methyl sites for hydroxylation is 1. The second-order valence-electron chi connectivity index (χ2n) is 4.02. The molecule has 2 aromatic rings. The van der Waals surface area contributed by atoms with Crippen molar-refractivity contribution in [3.63, 3.8) is 0 Å². The number of hydrogen-bond donors (Lipinski definition) is 0. The van der Waals surface area contributed by atoms with Crippen LogP contribution in [0.25, 0.3) is 11.1 Å². The molecule has 0 N–H and O–H groups in total. The largest absolute Gasteiger partial charge is 0.416 e. The molecule has 0 aliphatic carbocycles. The smallest absolute Gasteiger partial charge is 0.166 e. The lowest BCUT2D eigenvalue weighted by Gasteiger charge is -2.11. The van der Waals surface area contributed by atoms with Crippen LogP contribution in [-0.2, 0) is 6.18 Å². The lowest BCUT2D eigenvalue weighted by molar-refractivity contribution is -0.137. The molecule has 0 aliphatic heterocycles. The van der Waals surface area contributed by atoms with E-state index in [1.807, 2.05) is 25.1 Å². The molecule has 94 valence electrons. The van der Waals surface area contributed by atoms with Crippen molar-refractivity contribution in [3.8, 4) is 11.1 Å². The van der Waals surface area contributed by atoms with Crippen molar-refractivity contribution >= 4 is 22.6 Å². The predicted molar refractivity (Wildman–Crippen MR) is 74.3 cm³/mol. The van der Waals surface area contributed by atoms with Crippen LogP contribution in [0.4, 0.5) is 13.2 Å². The molecule has 0 atom stereocenters. The predicted octanol–water partition coefficient (Wildman–Crippen LogP) is 5.29. The van der Waals surface area contributed by atoms with Gasteiger partial charge in [-0.05, 0) is 58.3 Å². The van der Waals surface area contributed by atoms with E-state index in [-0.39, 0.29) is 0 Å². The maximum Gasteiger partial charge on any atom is 0.416 e. The SMILES string of the molecule is Cc1cccc(-c2cccc(C(F)(F)F)c2)c1I. The maximum atomic E-state index is 12.7. The number of rotatable bonds is 1. The number of benzene rings is 2. The number of hydrogen-bond acceptors (Lipinski definition) is 0. The van der Waals surface area contributed by atoms with Crippen molar-refractivity contribution in [1.82, 2.24) is 0 Å². The lowest BCUT2D eigenvalue weighted by atomic mass is 10.0. The minimum atomic E-state index is -4.30. The van der Waals surface area contributed by atoms with Crippen molar-refractivity contribution < 1.29 is 13.2 Å². The van der Waals surface area contributed by atoms with Gasteiger partial charge in [-0.25, -0.2) is 0 Å². The first-order valence-electron chi connectivity index (χ1n) is 5.32. The highest BCUT2D eigenvalue weighted by Crippen LogP contribution is 2.34. The van der Waals surface area contributed by atoms with Gasteiger partial charge in [0.25, 0.3) is 0 Å². The van der Waals surface area contributed by atoms with Gasteiger partial charge in [-0.2, -0.15) is 13.2 Å². The summed E-state index contributed by atoms with van der Waals surface area (Å²) in [7, 11) is 0. The van der Waals surface area contributed by atoms with Gasteiger partial charge in [0.2, 0.25) is 0 Å². The van der Waals surface area contributed by atoms with Crippen LogP contribution in [0.1, 0.15) is 11.1 Å². The summed E-state index contributed by atoms with van der Waals surface area (Å²) in [6, 6.07) is 11.1. The summed E-state index contributed by atoms with van der Waals surface area (Å²) in [5, 5.41) is 0. The Balaban J connectivity index is 2.55. The molecule has 0 saturated heterocycles. The van der Waals surface area contributed by atoms with Crippen molar-refractivity contribution in [2.45, 2.75) is 13.1 Å². The Kier molecular flexibility index (Phi) is 3.66. The minimum absolute atomic E-state index is 0.595. The van der Waals surface area contributed by atoms with E-state index in [0.29, 0.717) is 5.56 Å². The number of halogens is 4. The molecule has 0 aromatic heterocycles. The normalized spacial score (nSPS) is 11.6. The first-order chi connectivity index (χ1) is 8.39. The van der Waals surface area contributed by atoms with Crippen LogP contribution in [0.15, 0.2) is 42.5 Å². The van der Waals surface area contributed by atoms with E-state index in [4.69, 9.17) is 0 Å². The first-order valence-corrected chi connectivity index (χ1v) is 6.40. The molecule has 2 aromatic carbocycles. The van der Waals surface area contributed by atoms with Gasteiger partial charge in [0.05, 0.1) is 5.56 Å². The van der Waals surface area contributed by atoms with Gasteiger partial charge in [-0.1, -0.05) is 30.3 Å². The molecular weight excluding hydrogens is 352 g/mol. The van der Waals surface area contributed by atoms with Crippen molar-refractivity contribution in [2.75, 3.05) is 0 Å². The summed E-state index contributed by atoms with van der Waals surface area (Å²) in [5.74, 6) is 0. The van der Waals surface area contributed by atoms with Gasteiger partial charge in [-0.3, -0.25) is 0 Å². The fourth-order valence-electron chi connectivity index (χ4n) is 1.73. The fourth-order valence-corrected chi connectivity index (χ4v) is 2.40. The monoisotopic (exact) mass is 362 g/mol. The fraction of sp³-hybridized carbons (Fsp3) is 0.143. The Morgan fingerprint density at radius 3 is 2.33 bits per heavy atom. The topological polar surface area (TPSA) is 0 Å². The van der Waals surface area contributed by atoms with Crippen LogP contribution in [-0.4, -0.2) is 0 Å². The van der Waals surface area contributed by atoms with E-state index in [9.17, 15) is 13.2 Å². The summed E-state index contributed by atoms with van der Waals surface area (Å²) >= 11 is 2.16. The zero-order chi connectivity index (χ0) is 13.3. The summed E-state index contributed by atoms with van der Waals surface area (Å²) in [5.41, 5.74) is 1.88. The highest BCUT2D eigenvalue weighted by Gasteiger charge is 2.30. The Bertz CT molecular complexity index is 573. The van der Waals surface area contributed by atoms with Gasteiger partial charge in [0.15, 0.2) is 0 Å². The van der Waals surface area contributed by atoms with Gasteiger partial charge in [0.1, 0.15) is 0 Å². The van der Waals surface area contributed by atoms with Crippen LogP contribution < -0.4 is 0 Å². The Labute approximate surface area is 117 Å². The van der Waals surface area contributed by atoms with Crippen molar-refractivity contribution in [3.05, 3.63) is 57.2 Å². The standard InChI is InChI=1S/C14H10F3I/c1-9-4-2-7-12(13(9)18)10-5-3-6-11(8-10)14(15,16)17/h2-8H,1H3. The van der Waals surface area contributed by atoms with Crippen LogP contribution in [0, 0.1) is 10.5 Å². The number of alkyl halides is 3. The molecule has 0 heterocycles. The van der Waals surface area contributed by atoms with Gasteiger partial charge in [0, 0.05) is 3.57 Å². The van der Waals surface area contributed by atoms with E-state index in [2.05, 4.69) is 22.6 Å². The summed E-state index contributed by atoms with van der Waals surface area (Å²) in [6.07, 6.45) is -4.30. The molecule has 0 fully saturated rings. The zero-order valence-electron chi connectivity index (χ0n) is 9.55. The first kappa shape index (κ1) is 13.4. The highest BCUT2D eigenvalue weighted by atomic mass is 127. The third-order valence-electron chi connectivity index (χ3n) is 2.69. The molecule has 0 bridgehead atoms. The third kappa shape index (κ3) is 2.68. The van der Waals surface area contributed by atoms with E-state index in [1.165, 1.54) is 12.1 Å². The maximum absolute atomic E-state index is 12.7. The second kappa shape index (κ2) is 4.91. The Hall–Kier alpha value is -1.04. The molecule has 0 radical (unpaired) electrons. The van der Waals surface area contributed by atoms with E-state index >= 15 is 0 Å². The van der Waals surface area contributed by atoms with E-state index in [0.717, 1.165) is 20.8 Å². The molecule has 0 spiro atoms. The van der Waals surface area contributed by atoms with Crippen molar-refractivity contribution in [1.29, 1.82) is 0 Å². The van der Waals surface area contributed by atoms with E-state index in [1.54, 1.807) is 6.07 Å². The molecule has 4 heteroatoms. The van der Waals surface area contributed by atoms with Crippen molar-refractivity contribution in [2.24, 2.45) is 0 Å². The minimum Gasteiger partial charge on any atom is -0.166 e. The van der Waals surface area contributed by atoms with E-state index < -0.39 is 11.7 Å². The van der Waals surface area contributed by atoms with Crippen LogP contribution >= 0.6 is 22.6 Å².